The molecule has 0 aliphatic heterocycles. The Bertz CT molecular complexity index is 667. The highest BCUT2D eigenvalue weighted by Crippen LogP contribution is 2.22. The second kappa shape index (κ2) is 6.90. The Kier molecular flexibility index (Phi) is 4.95. The van der Waals surface area contributed by atoms with Crippen LogP contribution in [0.3, 0.4) is 0 Å². The first-order valence-corrected chi connectivity index (χ1v) is 6.78. The topological polar surface area (TPSA) is 52.6 Å². The molecule has 2 rings (SSSR count). The monoisotopic (exact) mass is 304 g/mol. The zero-order valence-corrected chi connectivity index (χ0v) is 12.1. The van der Waals surface area contributed by atoms with Gasteiger partial charge in [0.15, 0.2) is 0 Å². The van der Waals surface area contributed by atoms with Crippen LogP contribution in [0.5, 0.6) is 11.5 Å². The van der Waals surface area contributed by atoms with Crippen LogP contribution >= 0.6 is 11.6 Å². The van der Waals surface area contributed by atoms with E-state index in [1.54, 1.807) is 30.3 Å². The summed E-state index contributed by atoms with van der Waals surface area (Å²) in [5.74, 6) is -0.215. The van der Waals surface area contributed by atoms with E-state index in [0.717, 1.165) is 5.56 Å². The van der Waals surface area contributed by atoms with Crippen molar-refractivity contribution in [3.05, 3.63) is 59.7 Å². The molecular weight excluding hydrogens is 292 g/mol. The van der Waals surface area contributed by atoms with Crippen molar-refractivity contribution >= 4 is 23.5 Å². The minimum Gasteiger partial charge on any atom is -0.426 e. The number of benzene rings is 2. The molecule has 0 aromatic heterocycles. The first-order chi connectivity index (χ1) is 10.1. The Balaban J connectivity index is 2.22. The lowest BCUT2D eigenvalue weighted by Crippen LogP contribution is -2.12. The molecule has 4 nitrogen and oxygen atoms in total. The normalized spacial score (nSPS) is 10.0. The molecule has 0 aliphatic rings. The predicted octanol–water partition coefficient (Wildman–Crippen LogP) is 3.57. The van der Waals surface area contributed by atoms with Gasteiger partial charge in [-0.1, -0.05) is 24.3 Å². The zero-order valence-electron chi connectivity index (χ0n) is 11.3. The number of ether oxygens (including phenoxy) is 2. The van der Waals surface area contributed by atoms with Gasteiger partial charge in [0.25, 0.3) is 0 Å². The van der Waals surface area contributed by atoms with Gasteiger partial charge in [0.1, 0.15) is 17.1 Å². The summed E-state index contributed by atoms with van der Waals surface area (Å²) in [6, 6.07) is 13.3. The minimum atomic E-state index is -0.599. The van der Waals surface area contributed by atoms with E-state index >= 15 is 0 Å². The summed E-state index contributed by atoms with van der Waals surface area (Å²) in [4.78, 5) is 23.2. The Morgan fingerprint density at radius 2 is 1.81 bits per heavy atom. The highest BCUT2D eigenvalue weighted by atomic mass is 35.5. The van der Waals surface area contributed by atoms with Crippen molar-refractivity contribution in [2.75, 3.05) is 0 Å². The summed E-state index contributed by atoms with van der Waals surface area (Å²) in [5, 5.41) is 0. The standard InChI is InChI=1S/C16H13ClO4/c1-11(18)20-15-8-3-2-7-14(15)16(19)21-13-6-4-5-12(9-13)10-17/h2-9H,10H2,1H3. The quantitative estimate of drug-likeness (QED) is 0.492. The number of carbonyl (C=O) groups is 2. The summed E-state index contributed by atoms with van der Waals surface area (Å²) in [6.07, 6.45) is 0. The third-order valence-electron chi connectivity index (χ3n) is 2.62. The van der Waals surface area contributed by atoms with E-state index in [0.29, 0.717) is 11.6 Å². The molecule has 0 heterocycles. The van der Waals surface area contributed by atoms with Gasteiger partial charge in [-0.05, 0) is 29.8 Å². The van der Waals surface area contributed by atoms with Crippen LogP contribution < -0.4 is 9.47 Å². The molecule has 0 saturated carbocycles. The van der Waals surface area contributed by atoms with Gasteiger partial charge in [0.05, 0.1) is 0 Å². The second-order valence-electron chi connectivity index (χ2n) is 4.26. The Hall–Kier alpha value is -2.33. The first kappa shape index (κ1) is 15.1. The van der Waals surface area contributed by atoms with Crippen molar-refractivity contribution < 1.29 is 19.1 Å². The summed E-state index contributed by atoms with van der Waals surface area (Å²) in [7, 11) is 0. The Morgan fingerprint density at radius 1 is 1.05 bits per heavy atom. The van der Waals surface area contributed by atoms with Crippen LogP contribution in [0, 0.1) is 0 Å². The lowest BCUT2D eigenvalue weighted by molar-refractivity contribution is -0.131. The maximum Gasteiger partial charge on any atom is 0.347 e. The van der Waals surface area contributed by atoms with Crippen LogP contribution in [0.4, 0.5) is 0 Å². The Labute approximate surface area is 127 Å². The fourth-order valence-corrected chi connectivity index (χ4v) is 1.90. The average Bonchev–Trinajstić information content (AvgIpc) is 2.47. The number of rotatable bonds is 4. The van der Waals surface area contributed by atoms with Crippen molar-refractivity contribution in [3.8, 4) is 11.5 Å². The molecule has 0 atom stereocenters. The highest BCUT2D eigenvalue weighted by Gasteiger charge is 2.15. The van der Waals surface area contributed by atoms with E-state index < -0.39 is 11.9 Å². The maximum absolute atomic E-state index is 12.2. The third-order valence-corrected chi connectivity index (χ3v) is 2.93. The number of halogens is 1. The molecule has 0 spiro atoms. The number of alkyl halides is 1. The summed E-state index contributed by atoms with van der Waals surface area (Å²) >= 11 is 5.74. The molecule has 0 radical (unpaired) electrons. The fraction of sp³-hybridized carbons (Fsp3) is 0.125. The smallest absolute Gasteiger partial charge is 0.347 e. The third kappa shape index (κ3) is 4.07. The molecule has 0 amide bonds. The molecule has 21 heavy (non-hydrogen) atoms. The van der Waals surface area contributed by atoms with Crippen LogP contribution in [0.1, 0.15) is 22.8 Å². The predicted molar refractivity (Wildman–Crippen MR) is 78.7 cm³/mol. The van der Waals surface area contributed by atoms with Crippen molar-refractivity contribution in [2.45, 2.75) is 12.8 Å². The van der Waals surface area contributed by atoms with Gasteiger partial charge in [-0.2, -0.15) is 0 Å². The van der Waals surface area contributed by atoms with Crippen molar-refractivity contribution in [1.29, 1.82) is 0 Å². The molecular formula is C16H13ClO4. The largest absolute Gasteiger partial charge is 0.426 e. The molecule has 5 heteroatoms. The zero-order chi connectivity index (χ0) is 15.2. The molecule has 0 fully saturated rings. The molecule has 0 unspecified atom stereocenters. The van der Waals surface area contributed by atoms with E-state index in [1.807, 2.05) is 6.07 Å². The van der Waals surface area contributed by atoms with Gasteiger partial charge in [-0.25, -0.2) is 4.79 Å². The molecule has 0 aliphatic carbocycles. The molecule has 0 N–H and O–H groups in total. The van der Waals surface area contributed by atoms with E-state index in [-0.39, 0.29) is 11.3 Å². The SMILES string of the molecule is CC(=O)Oc1ccccc1C(=O)Oc1cccc(CCl)c1. The number of carbonyl (C=O) groups excluding carboxylic acids is 2. The van der Waals surface area contributed by atoms with E-state index in [9.17, 15) is 9.59 Å². The van der Waals surface area contributed by atoms with E-state index in [2.05, 4.69) is 0 Å². The van der Waals surface area contributed by atoms with Gasteiger partial charge in [-0.15, -0.1) is 11.6 Å². The molecule has 0 bridgehead atoms. The van der Waals surface area contributed by atoms with Crippen molar-refractivity contribution in [3.63, 3.8) is 0 Å². The lowest BCUT2D eigenvalue weighted by Gasteiger charge is -2.09. The molecule has 0 saturated heterocycles. The second-order valence-corrected chi connectivity index (χ2v) is 4.53. The van der Waals surface area contributed by atoms with Gasteiger partial charge in [-0.3, -0.25) is 4.79 Å². The number of para-hydroxylation sites is 1. The molecule has 2 aromatic carbocycles. The van der Waals surface area contributed by atoms with Crippen LogP contribution in [-0.4, -0.2) is 11.9 Å². The summed E-state index contributed by atoms with van der Waals surface area (Å²) in [5.41, 5.74) is 1.03. The van der Waals surface area contributed by atoms with Crippen molar-refractivity contribution in [2.24, 2.45) is 0 Å². The number of hydrogen-bond donors (Lipinski definition) is 0. The first-order valence-electron chi connectivity index (χ1n) is 6.24. The van der Waals surface area contributed by atoms with Gasteiger partial charge < -0.3 is 9.47 Å². The van der Waals surface area contributed by atoms with E-state index in [1.165, 1.54) is 19.1 Å². The van der Waals surface area contributed by atoms with Crippen LogP contribution in [-0.2, 0) is 10.7 Å². The maximum atomic E-state index is 12.2. The van der Waals surface area contributed by atoms with Crippen LogP contribution in [0.15, 0.2) is 48.5 Å². The summed E-state index contributed by atoms with van der Waals surface area (Å²) in [6.45, 7) is 1.27. The average molecular weight is 305 g/mol. The van der Waals surface area contributed by atoms with Gasteiger partial charge >= 0.3 is 11.9 Å². The van der Waals surface area contributed by atoms with Crippen LogP contribution in [0.2, 0.25) is 0 Å². The Morgan fingerprint density at radius 3 is 2.52 bits per heavy atom. The van der Waals surface area contributed by atoms with Crippen molar-refractivity contribution in [1.82, 2.24) is 0 Å². The number of hydrogen-bond acceptors (Lipinski definition) is 4. The van der Waals surface area contributed by atoms with Gasteiger partial charge in [0.2, 0.25) is 0 Å². The van der Waals surface area contributed by atoms with Crippen LogP contribution in [0.25, 0.3) is 0 Å². The lowest BCUT2D eigenvalue weighted by atomic mass is 10.2. The highest BCUT2D eigenvalue weighted by molar-refractivity contribution is 6.17. The molecule has 108 valence electrons. The minimum absolute atomic E-state index is 0.170. The van der Waals surface area contributed by atoms with E-state index in [4.69, 9.17) is 21.1 Å². The van der Waals surface area contributed by atoms with Gasteiger partial charge in [0, 0.05) is 12.8 Å². The molecule has 2 aromatic rings. The number of esters is 2. The fourth-order valence-electron chi connectivity index (χ4n) is 1.73. The summed E-state index contributed by atoms with van der Waals surface area (Å²) < 4.78 is 10.3.